The summed E-state index contributed by atoms with van der Waals surface area (Å²) >= 11 is 0. The predicted octanol–water partition coefficient (Wildman–Crippen LogP) is 2.71. The average Bonchev–Trinajstić information content (AvgIpc) is 2.55. The summed E-state index contributed by atoms with van der Waals surface area (Å²) < 4.78 is 0. The number of nitrogens with zero attached hydrogens (tertiary/aromatic N) is 1. The zero-order chi connectivity index (χ0) is 12.6. The number of carbonyl (C=O) groups excluding carboxylic acids is 1. The molecule has 3 nitrogen and oxygen atoms in total. The Morgan fingerprint density at radius 2 is 2.06 bits per heavy atom. The highest BCUT2D eigenvalue weighted by Crippen LogP contribution is 2.31. The van der Waals surface area contributed by atoms with Crippen LogP contribution in [-0.2, 0) is 16.6 Å². The van der Waals surface area contributed by atoms with E-state index in [0.29, 0.717) is 0 Å². The van der Waals surface area contributed by atoms with Crippen molar-refractivity contribution in [3.05, 3.63) is 29.3 Å². The third-order valence-corrected chi connectivity index (χ3v) is 2.88. The van der Waals surface area contributed by atoms with Gasteiger partial charge in [0.2, 0.25) is 5.91 Å². The fraction of sp³-hybridized carbons (Fsp3) is 0.429. The Hall–Kier alpha value is -1.64. The zero-order valence-corrected chi connectivity index (χ0v) is 10.8. The first-order valence-corrected chi connectivity index (χ1v) is 5.85. The molecule has 3 heteroatoms. The van der Waals surface area contributed by atoms with E-state index >= 15 is 0 Å². The molecule has 0 aromatic heterocycles. The Kier molecular flexibility index (Phi) is 2.77. The van der Waals surface area contributed by atoms with Gasteiger partial charge in [0.1, 0.15) is 5.84 Å². The molecule has 0 saturated carbocycles. The van der Waals surface area contributed by atoms with Gasteiger partial charge in [-0.15, -0.1) is 0 Å². The molecule has 2 rings (SSSR count). The van der Waals surface area contributed by atoms with Gasteiger partial charge in [-0.2, -0.15) is 0 Å². The first-order chi connectivity index (χ1) is 7.86. The van der Waals surface area contributed by atoms with Crippen molar-refractivity contribution in [2.45, 2.75) is 39.5 Å². The van der Waals surface area contributed by atoms with Crippen LogP contribution in [0.3, 0.4) is 0 Å². The summed E-state index contributed by atoms with van der Waals surface area (Å²) in [5, 5.41) is 2.76. The molecule has 0 fully saturated rings. The van der Waals surface area contributed by atoms with Crippen molar-refractivity contribution < 1.29 is 4.79 Å². The number of nitrogens with one attached hydrogen (secondary N) is 1. The normalized spacial score (nSPS) is 14.2. The summed E-state index contributed by atoms with van der Waals surface area (Å²) in [6.07, 6.45) is 0.721. The summed E-state index contributed by atoms with van der Waals surface area (Å²) in [4.78, 5) is 15.4. The lowest BCUT2D eigenvalue weighted by Crippen LogP contribution is -2.27. The largest absolute Gasteiger partial charge is 0.314 e. The second-order valence-corrected chi connectivity index (χ2v) is 5.51. The van der Waals surface area contributed by atoms with Gasteiger partial charge in [0.05, 0.1) is 5.69 Å². The van der Waals surface area contributed by atoms with Crippen LogP contribution >= 0.6 is 0 Å². The number of amidine groups is 1. The number of amides is 1. The summed E-state index contributed by atoms with van der Waals surface area (Å²) in [5.41, 5.74) is 3.62. The van der Waals surface area contributed by atoms with E-state index in [1.165, 1.54) is 18.1 Å². The van der Waals surface area contributed by atoms with Crippen molar-refractivity contribution in [1.82, 2.24) is 5.32 Å². The van der Waals surface area contributed by atoms with Gasteiger partial charge in [0, 0.05) is 13.3 Å². The molecule has 90 valence electrons. The summed E-state index contributed by atoms with van der Waals surface area (Å²) in [6.45, 7) is 8.09. The molecule has 1 amide bonds. The third kappa shape index (κ3) is 2.54. The van der Waals surface area contributed by atoms with Crippen molar-refractivity contribution in [2.24, 2.45) is 4.99 Å². The molecule has 1 aliphatic rings. The van der Waals surface area contributed by atoms with E-state index in [1.807, 2.05) is 6.07 Å². The van der Waals surface area contributed by atoms with Crippen molar-refractivity contribution in [3.8, 4) is 0 Å². The number of rotatable bonds is 0. The first kappa shape index (κ1) is 11.8. The van der Waals surface area contributed by atoms with E-state index < -0.39 is 0 Å². The minimum absolute atomic E-state index is 0.0624. The van der Waals surface area contributed by atoms with Gasteiger partial charge in [-0.05, 0) is 22.6 Å². The Balaban J connectivity index is 2.25. The molecule has 1 aromatic rings. The molecule has 0 unspecified atom stereocenters. The zero-order valence-electron chi connectivity index (χ0n) is 10.8. The molecule has 0 aliphatic carbocycles. The Bertz CT molecular complexity index is 495. The van der Waals surface area contributed by atoms with Gasteiger partial charge in [-0.25, -0.2) is 4.99 Å². The van der Waals surface area contributed by atoms with Gasteiger partial charge in [0.25, 0.3) is 0 Å². The minimum Gasteiger partial charge on any atom is -0.314 e. The molecular formula is C14H18N2O. The van der Waals surface area contributed by atoms with Crippen LogP contribution in [0.4, 0.5) is 5.69 Å². The van der Waals surface area contributed by atoms with E-state index in [-0.39, 0.29) is 11.3 Å². The summed E-state index contributed by atoms with van der Waals surface area (Å²) in [6, 6.07) is 6.33. The highest BCUT2D eigenvalue weighted by molar-refractivity contribution is 6.02. The number of carbonyl (C=O) groups is 1. The van der Waals surface area contributed by atoms with Crippen LogP contribution in [0.5, 0.6) is 0 Å². The SMILES string of the molecule is CC(=O)NC1=Nc2ccc(C(C)(C)C)cc2C1. The molecule has 1 aromatic carbocycles. The second kappa shape index (κ2) is 3.99. The summed E-state index contributed by atoms with van der Waals surface area (Å²) in [5.74, 6) is 0.686. The van der Waals surface area contributed by atoms with E-state index in [0.717, 1.165) is 17.9 Å². The molecule has 0 spiro atoms. The number of benzene rings is 1. The molecule has 1 heterocycles. The van der Waals surface area contributed by atoms with Gasteiger partial charge >= 0.3 is 0 Å². The maximum absolute atomic E-state index is 11.0. The van der Waals surface area contributed by atoms with Crippen molar-refractivity contribution in [3.63, 3.8) is 0 Å². The molecule has 0 atom stereocenters. The summed E-state index contributed by atoms with van der Waals surface area (Å²) in [7, 11) is 0. The maximum Gasteiger partial charge on any atom is 0.222 e. The number of hydrogen-bond acceptors (Lipinski definition) is 2. The fourth-order valence-corrected chi connectivity index (χ4v) is 1.94. The fourth-order valence-electron chi connectivity index (χ4n) is 1.94. The van der Waals surface area contributed by atoms with Gasteiger partial charge in [-0.3, -0.25) is 4.79 Å². The molecular weight excluding hydrogens is 212 g/mol. The average molecular weight is 230 g/mol. The van der Waals surface area contributed by atoms with Crippen LogP contribution in [0.25, 0.3) is 0 Å². The van der Waals surface area contributed by atoms with Crippen LogP contribution < -0.4 is 5.32 Å². The lowest BCUT2D eigenvalue weighted by Gasteiger charge is -2.19. The van der Waals surface area contributed by atoms with Crippen LogP contribution in [0, 0.1) is 0 Å². The van der Waals surface area contributed by atoms with E-state index in [4.69, 9.17) is 0 Å². The lowest BCUT2D eigenvalue weighted by molar-refractivity contribution is -0.117. The molecule has 0 bridgehead atoms. The quantitative estimate of drug-likeness (QED) is 0.731. The van der Waals surface area contributed by atoms with Gasteiger partial charge in [-0.1, -0.05) is 32.9 Å². The molecule has 0 saturated heterocycles. The smallest absolute Gasteiger partial charge is 0.222 e. The highest BCUT2D eigenvalue weighted by Gasteiger charge is 2.19. The lowest BCUT2D eigenvalue weighted by atomic mass is 9.86. The topological polar surface area (TPSA) is 41.5 Å². The first-order valence-electron chi connectivity index (χ1n) is 5.85. The molecule has 0 radical (unpaired) electrons. The number of fused-ring (bicyclic) bond motifs is 1. The van der Waals surface area contributed by atoms with Crippen molar-refractivity contribution in [1.29, 1.82) is 0 Å². The van der Waals surface area contributed by atoms with E-state index in [1.54, 1.807) is 0 Å². The van der Waals surface area contributed by atoms with Crippen LogP contribution in [0.1, 0.15) is 38.8 Å². The van der Waals surface area contributed by atoms with Crippen LogP contribution in [0.2, 0.25) is 0 Å². The third-order valence-electron chi connectivity index (χ3n) is 2.88. The van der Waals surface area contributed by atoms with Crippen molar-refractivity contribution >= 4 is 17.4 Å². The molecule has 1 N–H and O–H groups in total. The Morgan fingerprint density at radius 3 is 2.65 bits per heavy atom. The minimum atomic E-state index is -0.0624. The van der Waals surface area contributed by atoms with Crippen molar-refractivity contribution in [2.75, 3.05) is 0 Å². The number of aliphatic imine (C=N–C) groups is 1. The maximum atomic E-state index is 11.0. The Labute approximate surface area is 102 Å². The van der Waals surface area contributed by atoms with E-state index in [2.05, 4.69) is 43.2 Å². The highest BCUT2D eigenvalue weighted by atomic mass is 16.1. The van der Waals surface area contributed by atoms with E-state index in [9.17, 15) is 4.79 Å². The Morgan fingerprint density at radius 1 is 1.35 bits per heavy atom. The standard InChI is InChI=1S/C14H18N2O/c1-9(17)15-13-8-10-7-11(14(2,3)4)5-6-12(10)16-13/h5-7H,8H2,1-4H3,(H,15,16,17). The van der Waals surface area contributed by atoms with Crippen LogP contribution in [-0.4, -0.2) is 11.7 Å². The monoisotopic (exact) mass is 230 g/mol. The van der Waals surface area contributed by atoms with Crippen LogP contribution in [0.15, 0.2) is 23.2 Å². The predicted molar refractivity (Wildman–Crippen MR) is 69.8 cm³/mol. The molecule has 1 aliphatic heterocycles. The second-order valence-electron chi connectivity index (χ2n) is 5.51. The number of hydrogen-bond donors (Lipinski definition) is 1. The molecule has 17 heavy (non-hydrogen) atoms. The van der Waals surface area contributed by atoms with Gasteiger partial charge in [0.15, 0.2) is 0 Å². The van der Waals surface area contributed by atoms with Gasteiger partial charge < -0.3 is 5.32 Å².